The molecule has 3 rings (SSSR count). The highest BCUT2D eigenvalue weighted by Gasteiger charge is 2.40. The van der Waals surface area contributed by atoms with Gasteiger partial charge in [-0.25, -0.2) is 4.98 Å². The van der Waals surface area contributed by atoms with Crippen molar-refractivity contribution < 1.29 is 9.90 Å². The number of anilines is 2. The Balaban J connectivity index is 1.77. The smallest absolute Gasteiger partial charge is 0.259 e. The third kappa shape index (κ3) is 2.94. The molecule has 1 aromatic heterocycles. The lowest BCUT2D eigenvalue weighted by molar-refractivity contribution is 0.102. The summed E-state index contributed by atoms with van der Waals surface area (Å²) in [5, 5.41) is 22.1. The first-order valence-electron chi connectivity index (χ1n) is 7.76. The van der Waals surface area contributed by atoms with Crippen molar-refractivity contribution in [3.63, 3.8) is 0 Å². The molecule has 1 saturated carbocycles. The zero-order chi connectivity index (χ0) is 17.2. The van der Waals surface area contributed by atoms with E-state index in [1.807, 2.05) is 12.1 Å². The number of amides is 1. The minimum absolute atomic E-state index is 0.176. The van der Waals surface area contributed by atoms with Crippen LogP contribution in [0.1, 0.15) is 35.2 Å². The number of aromatic nitrogens is 1. The van der Waals surface area contributed by atoms with Crippen molar-refractivity contribution in [3.05, 3.63) is 53.7 Å². The standard InChI is InChI=1S/C18H18N4O2/c19-11-18(8-7-14(23)10-18)12-3-5-13(6-4-12)22-17(24)15-2-1-9-21-16(15)20/h1-6,9,14,23H,7-8,10H2,(H2,20,21)(H,22,24)/t14-,18+/m1/s1. The van der Waals surface area contributed by atoms with E-state index in [9.17, 15) is 15.2 Å². The molecule has 0 unspecified atom stereocenters. The fraction of sp³-hybridized carbons (Fsp3) is 0.278. The molecule has 4 N–H and O–H groups in total. The number of hydrogen-bond acceptors (Lipinski definition) is 5. The molecule has 0 aliphatic heterocycles. The molecule has 0 saturated heterocycles. The molecule has 1 fully saturated rings. The maximum atomic E-state index is 12.2. The largest absolute Gasteiger partial charge is 0.393 e. The molecule has 0 radical (unpaired) electrons. The second kappa shape index (κ2) is 6.30. The van der Waals surface area contributed by atoms with Gasteiger partial charge in [0.05, 0.1) is 23.2 Å². The maximum Gasteiger partial charge on any atom is 0.259 e. The molecular formula is C18H18N4O2. The summed E-state index contributed by atoms with van der Waals surface area (Å²) in [7, 11) is 0. The number of nitrogens with zero attached hydrogens (tertiary/aromatic N) is 2. The summed E-state index contributed by atoms with van der Waals surface area (Å²) in [6.07, 6.45) is 2.81. The zero-order valence-electron chi connectivity index (χ0n) is 13.1. The van der Waals surface area contributed by atoms with Crippen molar-refractivity contribution in [3.8, 4) is 6.07 Å². The van der Waals surface area contributed by atoms with E-state index in [-0.39, 0.29) is 11.7 Å². The summed E-state index contributed by atoms with van der Waals surface area (Å²) in [5.74, 6) is -0.158. The van der Waals surface area contributed by atoms with Crippen LogP contribution in [0.2, 0.25) is 0 Å². The first-order valence-corrected chi connectivity index (χ1v) is 7.76. The summed E-state index contributed by atoms with van der Waals surface area (Å²) in [5.41, 5.74) is 6.84. The van der Waals surface area contributed by atoms with E-state index in [0.29, 0.717) is 30.5 Å². The van der Waals surface area contributed by atoms with Gasteiger partial charge in [-0.05, 0) is 49.1 Å². The van der Waals surface area contributed by atoms with Crippen molar-refractivity contribution in [1.29, 1.82) is 5.26 Å². The van der Waals surface area contributed by atoms with Gasteiger partial charge in [0.2, 0.25) is 0 Å². The van der Waals surface area contributed by atoms with Crippen LogP contribution in [0.4, 0.5) is 11.5 Å². The van der Waals surface area contributed by atoms with Gasteiger partial charge in [0.1, 0.15) is 5.82 Å². The summed E-state index contributed by atoms with van der Waals surface area (Å²) in [6, 6.07) is 12.8. The molecular weight excluding hydrogens is 304 g/mol. The van der Waals surface area contributed by atoms with Gasteiger partial charge >= 0.3 is 0 Å². The van der Waals surface area contributed by atoms with Crippen LogP contribution in [-0.4, -0.2) is 22.1 Å². The number of pyridine rings is 1. The van der Waals surface area contributed by atoms with Gasteiger partial charge in [-0.15, -0.1) is 0 Å². The van der Waals surface area contributed by atoms with Crippen LogP contribution in [0.15, 0.2) is 42.6 Å². The molecule has 1 aromatic carbocycles. The van der Waals surface area contributed by atoms with Crippen molar-refractivity contribution in [2.75, 3.05) is 11.1 Å². The van der Waals surface area contributed by atoms with Crippen LogP contribution in [0.5, 0.6) is 0 Å². The highest BCUT2D eigenvalue weighted by Crippen LogP contribution is 2.41. The van der Waals surface area contributed by atoms with E-state index in [1.54, 1.807) is 24.3 Å². The number of nitrogen functional groups attached to an aromatic ring is 1. The fourth-order valence-corrected chi connectivity index (χ4v) is 3.13. The van der Waals surface area contributed by atoms with Gasteiger partial charge in [0.15, 0.2) is 0 Å². The Hall–Kier alpha value is -2.91. The number of nitrogens with one attached hydrogen (secondary N) is 1. The lowest BCUT2D eigenvalue weighted by atomic mass is 9.80. The Labute approximate surface area is 139 Å². The molecule has 0 spiro atoms. The van der Waals surface area contributed by atoms with Crippen molar-refractivity contribution in [2.45, 2.75) is 30.8 Å². The number of aliphatic hydroxyl groups excluding tert-OH is 1. The fourth-order valence-electron chi connectivity index (χ4n) is 3.13. The summed E-state index contributed by atoms with van der Waals surface area (Å²) < 4.78 is 0. The minimum Gasteiger partial charge on any atom is -0.393 e. The average Bonchev–Trinajstić information content (AvgIpc) is 2.98. The number of rotatable bonds is 3. The third-order valence-electron chi connectivity index (χ3n) is 4.48. The number of carbonyl (C=O) groups excluding carboxylic acids is 1. The quantitative estimate of drug-likeness (QED) is 0.802. The molecule has 0 bridgehead atoms. The van der Waals surface area contributed by atoms with Crippen LogP contribution in [-0.2, 0) is 5.41 Å². The normalized spacial score (nSPS) is 22.8. The number of hydrogen-bond donors (Lipinski definition) is 3. The Morgan fingerprint density at radius 3 is 2.71 bits per heavy atom. The minimum atomic E-state index is -0.643. The van der Waals surface area contributed by atoms with Gasteiger partial charge in [-0.1, -0.05) is 12.1 Å². The molecule has 1 heterocycles. The Morgan fingerprint density at radius 1 is 1.38 bits per heavy atom. The van der Waals surface area contributed by atoms with Gasteiger partial charge in [0, 0.05) is 11.9 Å². The van der Waals surface area contributed by atoms with Crippen LogP contribution >= 0.6 is 0 Å². The molecule has 1 amide bonds. The lowest BCUT2D eigenvalue weighted by Gasteiger charge is -2.21. The van der Waals surface area contributed by atoms with E-state index in [0.717, 1.165) is 5.56 Å². The summed E-state index contributed by atoms with van der Waals surface area (Å²) in [6.45, 7) is 0. The lowest BCUT2D eigenvalue weighted by Crippen LogP contribution is -2.21. The first-order chi connectivity index (χ1) is 11.5. The molecule has 2 aromatic rings. The van der Waals surface area contributed by atoms with E-state index < -0.39 is 11.5 Å². The number of aliphatic hydroxyl groups is 1. The molecule has 122 valence electrons. The van der Waals surface area contributed by atoms with E-state index in [1.165, 1.54) is 6.20 Å². The van der Waals surface area contributed by atoms with E-state index in [2.05, 4.69) is 16.4 Å². The monoisotopic (exact) mass is 322 g/mol. The van der Waals surface area contributed by atoms with Gasteiger partial charge in [-0.3, -0.25) is 4.79 Å². The number of benzene rings is 1. The van der Waals surface area contributed by atoms with Gasteiger partial charge in [-0.2, -0.15) is 5.26 Å². The second-order valence-corrected chi connectivity index (χ2v) is 6.06. The van der Waals surface area contributed by atoms with Crippen LogP contribution < -0.4 is 11.1 Å². The molecule has 24 heavy (non-hydrogen) atoms. The topological polar surface area (TPSA) is 112 Å². The SMILES string of the molecule is N#C[C@]1(c2ccc(NC(=O)c3cccnc3N)cc2)CC[C@@H](O)C1. The first kappa shape index (κ1) is 16.0. The second-order valence-electron chi connectivity index (χ2n) is 6.06. The Morgan fingerprint density at radius 2 is 2.12 bits per heavy atom. The molecule has 6 heteroatoms. The van der Waals surface area contributed by atoms with Crippen molar-refractivity contribution in [1.82, 2.24) is 4.98 Å². The predicted molar refractivity (Wildman–Crippen MR) is 90.2 cm³/mol. The number of carbonyl (C=O) groups is 1. The summed E-state index contributed by atoms with van der Waals surface area (Å²) in [4.78, 5) is 16.1. The average molecular weight is 322 g/mol. The molecule has 6 nitrogen and oxygen atoms in total. The highest BCUT2D eigenvalue weighted by molar-refractivity contribution is 6.07. The highest BCUT2D eigenvalue weighted by atomic mass is 16.3. The van der Waals surface area contributed by atoms with Crippen molar-refractivity contribution in [2.24, 2.45) is 0 Å². The zero-order valence-corrected chi connectivity index (χ0v) is 13.1. The number of nitrogens with two attached hydrogens (primary N) is 1. The van der Waals surface area contributed by atoms with Gasteiger partial charge in [0.25, 0.3) is 5.91 Å². The van der Waals surface area contributed by atoms with Crippen molar-refractivity contribution >= 4 is 17.4 Å². The van der Waals surface area contributed by atoms with E-state index in [4.69, 9.17) is 5.73 Å². The van der Waals surface area contributed by atoms with Crippen LogP contribution in [0.25, 0.3) is 0 Å². The maximum absolute atomic E-state index is 12.2. The molecule has 1 aliphatic carbocycles. The third-order valence-corrected chi connectivity index (χ3v) is 4.48. The Bertz CT molecular complexity index is 797. The number of nitriles is 1. The molecule has 1 aliphatic rings. The Kier molecular flexibility index (Phi) is 4.19. The van der Waals surface area contributed by atoms with E-state index >= 15 is 0 Å². The predicted octanol–water partition coefficient (Wildman–Crippen LogP) is 2.22. The van der Waals surface area contributed by atoms with Crippen LogP contribution in [0.3, 0.4) is 0 Å². The summed E-state index contributed by atoms with van der Waals surface area (Å²) >= 11 is 0. The van der Waals surface area contributed by atoms with Crippen LogP contribution in [0, 0.1) is 11.3 Å². The van der Waals surface area contributed by atoms with Gasteiger partial charge < -0.3 is 16.2 Å². The molecule has 2 atom stereocenters.